The highest BCUT2D eigenvalue weighted by atomic mass is 32.2. The second kappa shape index (κ2) is 9.38. The SMILES string of the molecule is CC(C)c1ccc(S(=O)(=O)N2CCN(CC(=O)N[C@@H](C)c3cccs3)CC2)cc1. The van der Waals surface area contributed by atoms with E-state index in [9.17, 15) is 13.2 Å². The number of nitrogens with zero attached hydrogens (tertiary/aromatic N) is 2. The van der Waals surface area contributed by atoms with Crippen molar-refractivity contribution in [3.63, 3.8) is 0 Å². The van der Waals surface area contributed by atoms with Crippen molar-refractivity contribution < 1.29 is 13.2 Å². The van der Waals surface area contributed by atoms with Gasteiger partial charge in [-0.15, -0.1) is 11.3 Å². The van der Waals surface area contributed by atoms with Gasteiger partial charge in [-0.2, -0.15) is 4.31 Å². The predicted molar refractivity (Wildman–Crippen MR) is 117 cm³/mol. The third kappa shape index (κ3) is 5.45. The molecule has 0 radical (unpaired) electrons. The van der Waals surface area contributed by atoms with E-state index in [0.29, 0.717) is 37.0 Å². The molecular weight excluding hydrogens is 406 g/mol. The van der Waals surface area contributed by atoms with Gasteiger partial charge in [0.15, 0.2) is 0 Å². The highest BCUT2D eigenvalue weighted by molar-refractivity contribution is 7.89. The number of sulfonamides is 1. The molecule has 1 fully saturated rings. The fraction of sp³-hybridized carbons (Fsp3) is 0.476. The number of carbonyl (C=O) groups excluding carboxylic acids is 1. The predicted octanol–water partition coefficient (Wildman–Crippen LogP) is 3.06. The van der Waals surface area contributed by atoms with Crippen LogP contribution in [0.3, 0.4) is 0 Å². The van der Waals surface area contributed by atoms with Gasteiger partial charge in [0.25, 0.3) is 0 Å². The van der Waals surface area contributed by atoms with Gasteiger partial charge in [-0.05, 0) is 42.0 Å². The molecule has 6 nitrogen and oxygen atoms in total. The summed E-state index contributed by atoms with van der Waals surface area (Å²) in [6, 6.07) is 11.1. The molecule has 0 aliphatic carbocycles. The number of piperazine rings is 1. The van der Waals surface area contributed by atoms with Crippen LogP contribution in [0.2, 0.25) is 0 Å². The number of benzene rings is 1. The van der Waals surface area contributed by atoms with Crippen LogP contribution in [-0.4, -0.2) is 56.3 Å². The van der Waals surface area contributed by atoms with E-state index >= 15 is 0 Å². The average Bonchev–Trinajstić information content (AvgIpc) is 3.23. The lowest BCUT2D eigenvalue weighted by Crippen LogP contribution is -2.51. The first-order valence-corrected chi connectivity index (χ1v) is 12.2. The number of hydrogen-bond donors (Lipinski definition) is 1. The Bertz CT molecular complexity index is 901. The fourth-order valence-corrected chi connectivity index (χ4v) is 5.56. The summed E-state index contributed by atoms with van der Waals surface area (Å²) in [6.45, 7) is 8.30. The number of thiophene rings is 1. The molecule has 0 saturated carbocycles. The molecule has 1 N–H and O–H groups in total. The summed E-state index contributed by atoms with van der Waals surface area (Å²) < 4.78 is 27.3. The van der Waals surface area contributed by atoms with E-state index in [1.54, 1.807) is 23.5 Å². The summed E-state index contributed by atoms with van der Waals surface area (Å²) in [4.78, 5) is 15.8. The molecule has 1 atom stereocenters. The monoisotopic (exact) mass is 435 g/mol. The van der Waals surface area contributed by atoms with Crippen LogP contribution in [0.1, 0.15) is 43.2 Å². The Morgan fingerprint density at radius 2 is 1.72 bits per heavy atom. The first kappa shape index (κ1) is 22.0. The summed E-state index contributed by atoms with van der Waals surface area (Å²) in [6.07, 6.45) is 0. The third-order valence-electron chi connectivity index (χ3n) is 5.23. The first-order chi connectivity index (χ1) is 13.8. The summed E-state index contributed by atoms with van der Waals surface area (Å²) in [5.41, 5.74) is 1.12. The zero-order chi connectivity index (χ0) is 21.0. The molecule has 0 unspecified atom stereocenters. The van der Waals surface area contributed by atoms with Gasteiger partial charge in [0.1, 0.15) is 0 Å². The third-order valence-corrected chi connectivity index (χ3v) is 8.20. The van der Waals surface area contributed by atoms with Gasteiger partial charge in [-0.1, -0.05) is 32.0 Å². The lowest BCUT2D eigenvalue weighted by molar-refractivity contribution is -0.123. The van der Waals surface area contributed by atoms with Crippen molar-refractivity contribution in [2.75, 3.05) is 32.7 Å². The molecule has 0 spiro atoms. The molecule has 2 heterocycles. The summed E-state index contributed by atoms with van der Waals surface area (Å²) >= 11 is 1.62. The number of nitrogens with one attached hydrogen (secondary N) is 1. The lowest BCUT2D eigenvalue weighted by Gasteiger charge is -2.33. The molecule has 1 aromatic heterocycles. The molecule has 1 aromatic carbocycles. The van der Waals surface area contributed by atoms with Crippen LogP contribution in [0.5, 0.6) is 0 Å². The van der Waals surface area contributed by atoms with Crippen molar-refractivity contribution in [2.24, 2.45) is 0 Å². The van der Waals surface area contributed by atoms with E-state index in [4.69, 9.17) is 0 Å². The molecule has 1 amide bonds. The molecule has 8 heteroatoms. The zero-order valence-corrected chi connectivity index (χ0v) is 18.8. The minimum atomic E-state index is -3.50. The number of rotatable bonds is 7. The second-order valence-electron chi connectivity index (χ2n) is 7.71. The van der Waals surface area contributed by atoms with Crippen LogP contribution in [0.15, 0.2) is 46.7 Å². The van der Waals surface area contributed by atoms with Crippen LogP contribution >= 0.6 is 11.3 Å². The van der Waals surface area contributed by atoms with E-state index in [2.05, 4.69) is 19.2 Å². The Hall–Kier alpha value is -1.74. The minimum Gasteiger partial charge on any atom is -0.348 e. The smallest absolute Gasteiger partial charge is 0.243 e. The van der Waals surface area contributed by atoms with Crippen LogP contribution in [0.25, 0.3) is 0 Å². The average molecular weight is 436 g/mol. The first-order valence-electron chi connectivity index (χ1n) is 9.92. The molecule has 3 rings (SSSR count). The van der Waals surface area contributed by atoms with Crippen molar-refractivity contribution in [1.29, 1.82) is 0 Å². The van der Waals surface area contributed by atoms with E-state index in [-0.39, 0.29) is 18.5 Å². The van der Waals surface area contributed by atoms with Crippen LogP contribution in [0.4, 0.5) is 0 Å². The van der Waals surface area contributed by atoms with Crippen LogP contribution in [0, 0.1) is 0 Å². The largest absolute Gasteiger partial charge is 0.348 e. The molecule has 1 aliphatic rings. The maximum Gasteiger partial charge on any atom is 0.243 e. The topological polar surface area (TPSA) is 69.7 Å². The summed E-state index contributed by atoms with van der Waals surface area (Å²) in [5, 5.41) is 5.00. The number of amides is 1. The second-order valence-corrected chi connectivity index (χ2v) is 10.6. The summed E-state index contributed by atoms with van der Waals surface area (Å²) in [7, 11) is -3.50. The quantitative estimate of drug-likeness (QED) is 0.726. The number of carbonyl (C=O) groups is 1. The molecule has 2 aromatic rings. The van der Waals surface area contributed by atoms with Gasteiger partial charge in [0.2, 0.25) is 15.9 Å². The molecule has 1 aliphatic heterocycles. The maximum absolute atomic E-state index is 12.9. The highest BCUT2D eigenvalue weighted by Gasteiger charge is 2.29. The Morgan fingerprint density at radius 3 is 2.28 bits per heavy atom. The highest BCUT2D eigenvalue weighted by Crippen LogP contribution is 2.21. The van der Waals surface area contributed by atoms with Gasteiger partial charge in [-0.3, -0.25) is 9.69 Å². The van der Waals surface area contributed by atoms with Gasteiger partial charge < -0.3 is 5.32 Å². The van der Waals surface area contributed by atoms with Gasteiger partial charge in [-0.25, -0.2) is 8.42 Å². The molecule has 29 heavy (non-hydrogen) atoms. The standard InChI is InChI=1S/C21H29N3O3S2/c1-16(2)18-6-8-19(9-7-18)29(26,27)24-12-10-23(11-13-24)15-21(25)22-17(3)20-5-4-14-28-20/h4-9,14,16-17H,10-13,15H2,1-3H3,(H,22,25)/t17-/m0/s1. The minimum absolute atomic E-state index is 0.0158. The van der Waals surface area contributed by atoms with Crippen molar-refractivity contribution >= 4 is 27.3 Å². The van der Waals surface area contributed by atoms with E-state index in [0.717, 1.165) is 10.4 Å². The zero-order valence-electron chi connectivity index (χ0n) is 17.2. The summed E-state index contributed by atoms with van der Waals surface area (Å²) in [5.74, 6) is 0.329. The Kier molecular flexibility index (Phi) is 7.10. The van der Waals surface area contributed by atoms with Gasteiger partial charge in [0, 0.05) is 31.1 Å². The van der Waals surface area contributed by atoms with E-state index in [1.165, 1.54) is 4.31 Å². The molecule has 0 bridgehead atoms. The Labute approximate surface area is 177 Å². The fourth-order valence-electron chi connectivity index (χ4n) is 3.40. The normalized spacial score (nSPS) is 17.4. The van der Waals surface area contributed by atoms with Crippen molar-refractivity contribution in [2.45, 2.75) is 37.6 Å². The molecular formula is C21H29N3O3S2. The van der Waals surface area contributed by atoms with Gasteiger partial charge in [0.05, 0.1) is 17.5 Å². The Balaban J connectivity index is 1.52. The lowest BCUT2D eigenvalue weighted by atomic mass is 10.0. The number of hydrogen-bond acceptors (Lipinski definition) is 5. The van der Waals surface area contributed by atoms with Crippen molar-refractivity contribution in [1.82, 2.24) is 14.5 Å². The van der Waals surface area contributed by atoms with E-state index < -0.39 is 10.0 Å². The molecule has 158 valence electrons. The van der Waals surface area contributed by atoms with Gasteiger partial charge >= 0.3 is 0 Å². The maximum atomic E-state index is 12.9. The van der Waals surface area contributed by atoms with Crippen LogP contribution in [-0.2, 0) is 14.8 Å². The Morgan fingerprint density at radius 1 is 1.07 bits per heavy atom. The van der Waals surface area contributed by atoms with Crippen LogP contribution < -0.4 is 5.32 Å². The molecule has 1 saturated heterocycles. The van der Waals surface area contributed by atoms with E-state index in [1.807, 2.05) is 41.5 Å². The van der Waals surface area contributed by atoms with Crippen molar-refractivity contribution in [3.8, 4) is 0 Å². The van der Waals surface area contributed by atoms with Crippen molar-refractivity contribution in [3.05, 3.63) is 52.2 Å².